The molecule has 0 aliphatic carbocycles. The van der Waals surface area contributed by atoms with Crippen LogP contribution in [0.5, 0.6) is 0 Å². The van der Waals surface area contributed by atoms with Crippen LogP contribution in [0.15, 0.2) is 24.3 Å². The molecule has 6 heteroatoms. The molecule has 138 valence electrons. The first-order chi connectivity index (χ1) is 12.4. The Morgan fingerprint density at radius 2 is 2.08 bits per heavy atom. The van der Waals surface area contributed by atoms with Crippen LogP contribution in [0.2, 0.25) is 0 Å². The summed E-state index contributed by atoms with van der Waals surface area (Å²) in [5.74, 6) is 0.161. The Bertz CT molecular complexity index is 944. The van der Waals surface area contributed by atoms with Crippen molar-refractivity contribution in [3.8, 4) is 0 Å². The van der Waals surface area contributed by atoms with Crippen LogP contribution in [0.25, 0.3) is 21.8 Å². The maximum Gasteiger partial charge on any atom is 0.220 e. The second kappa shape index (κ2) is 7.03. The van der Waals surface area contributed by atoms with Gasteiger partial charge in [0.1, 0.15) is 5.52 Å². The van der Waals surface area contributed by atoms with Gasteiger partial charge in [-0.3, -0.25) is 14.9 Å². The van der Waals surface area contributed by atoms with Gasteiger partial charge < -0.3 is 11.1 Å². The Morgan fingerprint density at radius 3 is 2.77 bits per heavy atom. The van der Waals surface area contributed by atoms with Crippen molar-refractivity contribution in [1.82, 2.24) is 20.5 Å². The van der Waals surface area contributed by atoms with E-state index < -0.39 is 0 Å². The molecule has 0 fully saturated rings. The minimum atomic E-state index is -0.378. The van der Waals surface area contributed by atoms with Gasteiger partial charge >= 0.3 is 0 Å². The summed E-state index contributed by atoms with van der Waals surface area (Å²) in [6.07, 6.45) is 1.12. The molecule has 0 radical (unpaired) electrons. The zero-order valence-electron chi connectivity index (χ0n) is 15.9. The molecule has 0 bridgehead atoms. The molecule has 1 unspecified atom stereocenters. The van der Waals surface area contributed by atoms with Crippen molar-refractivity contribution in [2.75, 3.05) is 6.54 Å². The van der Waals surface area contributed by atoms with Crippen molar-refractivity contribution >= 4 is 27.7 Å². The summed E-state index contributed by atoms with van der Waals surface area (Å²) in [6.45, 7) is 8.49. The van der Waals surface area contributed by atoms with Gasteiger partial charge in [-0.05, 0) is 19.9 Å². The first kappa shape index (κ1) is 18.3. The number of aromatic nitrogens is 3. The first-order valence-electron chi connectivity index (χ1n) is 9.13. The van der Waals surface area contributed by atoms with Crippen LogP contribution >= 0.6 is 0 Å². The Labute approximate surface area is 153 Å². The standard InChI is InChI=1S/C20H27N5O/c1-5-16(26)23-20(3,4)10-15-17-13-8-6-7-9-14(13)22-18(12(2)11-21)19(17)25-24-15/h6-9,12H,5,10-11,21H2,1-4H3,(H,23,26)(H,24,25). The summed E-state index contributed by atoms with van der Waals surface area (Å²) < 4.78 is 0. The molecule has 2 aromatic heterocycles. The average Bonchev–Trinajstić information content (AvgIpc) is 3.03. The van der Waals surface area contributed by atoms with Crippen LogP contribution in [0.3, 0.4) is 0 Å². The van der Waals surface area contributed by atoms with Crippen LogP contribution < -0.4 is 11.1 Å². The van der Waals surface area contributed by atoms with Gasteiger partial charge in [-0.25, -0.2) is 0 Å². The zero-order valence-corrected chi connectivity index (χ0v) is 15.9. The lowest BCUT2D eigenvalue weighted by Crippen LogP contribution is -2.44. The molecule has 1 atom stereocenters. The van der Waals surface area contributed by atoms with Crippen LogP contribution in [0.4, 0.5) is 0 Å². The molecule has 1 aromatic carbocycles. The van der Waals surface area contributed by atoms with E-state index in [1.54, 1.807) is 0 Å². The predicted octanol–water partition coefficient (Wildman–Crippen LogP) is 3.02. The number of nitrogens with two attached hydrogens (primary N) is 1. The molecule has 26 heavy (non-hydrogen) atoms. The van der Waals surface area contributed by atoms with E-state index in [0.29, 0.717) is 19.4 Å². The Morgan fingerprint density at radius 1 is 1.35 bits per heavy atom. The number of aromatic amines is 1. The second-order valence-electron chi connectivity index (χ2n) is 7.54. The van der Waals surface area contributed by atoms with Gasteiger partial charge in [-0.2, -0.15) is 5.10 Å². The van der Waals surface area contributed by atoms with E-state index in [2.05, 4.69) is 28.5 Å². The molecular formula is C20H27N5O. The number of nitrogens with one attached hydrogen (secondary N) is 2. The summed E-state index contributed by atoms with van der Waals surface area (Å²) in [5.41, 5.74) is 9.24. The van der Waals surface area contributed by atoms with E-state index in [1.165, 1.54) is 0 Å². The number of rotatable bonds is 6. The topological polar surface area (TPSA) is 96.7 Å². The Hall–Kier alpha value is -2.47. The maximum absolute atomic E-state index is 11.9. The maximum atomic E-state index is 11.9. The van der Waals surface area contributed by atoms with Crippen molar-refractivity contribution in [3.63, 3.8) is 0 Å². The number of H-pyrrole nitrogens is 1. The lowest BCUT2D eigenvalue weighted by Gasteiger charge is -2.25. The van der Waals surface area contributed by atoms with E-state index in [-0.39, 0.29) is 17.4 Å². The molecule has 3 aromatic rings. The molecule has 0 aliphatic heterocycles. The molecule has 0 saturated carbocycles. The highest BCUT2D eigenvalue weighted by atomic mass is 16.1. The van der Waals surface area contributed by atoms with Gasteiger partial charge in [0.05, 0.1) is 11.2 Å². The fourth-order valence-electron chi connectivity index (χ4n) is 3.35. The molecule has 3 rings (SSSR count). The quantitative estimate of drug-likeness (QED) is 0.634. The smallest absolute Gasteiger partial charge is 0.220 e. The van der Waals surface area contributed by atoms with Crippen molar-refractivity contribution in [1.29, 1.82) is 0 Å². The molecular weight excluding hydrogens is 326 g/mol. The van der Waals surface area contributed by atoms with Crippen LogP contribution in [-0.4, -0.2) is 33.2 Å². The van der Waals surface area contributed by atoms with E-state index in [4.69, 9.17) is 10.7 Å². The van der Waals surface area contributed by atoms with E-state index in [0.717, 1.165) is 33.2 Å². The average molecular weight is 353 g/mol. The number of benzene rings is 1. The number of para-hydroxylation sites is 1. The highest BCUT2D eigenvalue weighted by molar-refractivity contribution is 6.06. The molecule has 4 N–H and O–H groups in total. The summed E-state index contributed by atoms with van der Waals surface area (Å²) in [6, 6.07) is 8.08. The van der Waals surface area contributed by atoms with Gasteiger partial charge in [0.15, 0.2) is 0 Å². The molecule has 0 aliphatic rings. The lowest BCUT2D eigenvalue weighted by molar-refractivity contribution is -0.122. The normalized spacial score (nSPS) is 13.3. The minimum Gasteiger partial charge on any atom is -0.351 e. The predicted molar refractivity (Wildman–Crippen MR) is 105 cm³/mol. The number of hydrogen-bond acceptors (Lipinski definition) is 4. The highest BCUT2D eigenvalue weighted by Gasteiger charge is 2.25. The Balaban J connectivity index is 2.15. The first-order valence-corrected chi connectivity index (χ1v) is 9.13. The van der Waals surface area contributed by atoms with Gasteiger partial charge in [0, 0.05) is 47.3 Å². The largest absolute Gasteiger partial charge is 0.351 e. The summed E-state index contributed by atoms with van der Waals surface area (Å²) >= 11 is 0. The third-order valence-electron chi connectivity index (χ3n) is 4.74. The summed E-state index contributed by atoms with van der Waals surface area (Å²) in [4.78, 5) is 16.7. The van der Waals surface area contributed by atoms with E-state index >= 15 is 0 Å². The monoisotopic (exact) mass is 353 g/mol. The fourth-order valence-corrected chi connectivity index (χ4v) is 3.35. The minimum absolute atomic E-state index is 0.0442. The lowest BCUT2D eigenvalue weighted by atomic mass is 9.94. The second-order valence-corrected chi connectivity index (χ2v) is 7.54. The number of amides is 1. The van der Waals surface area contributed by atoms with Gasteiger partial charge in [0.2, 0.25) is 5.91 Å². The summed E-state index contributed by atoms with van der Waals surface area (Å²) in [7, 11) is 0. The molecule has 0 saturated heterocycles. The number of carbonyl (C=O) groups is 1. The molecule has 1 amide bonds. The fraction of sp³-hybridized carbons (Fsp3) is 0.450. The number of nitrogens with zero attached hydrogens (tertiary/aromatic N) is 2. The van der Waals surface area contributed by atoms with Gasteiger partial charge in [-0.1, -0.05) is 32.0 Å². The van der Waals surface area contributed by atoms with Crippen LogP contribution in [-0.2, 0) is 11.2 Å². The number of fused-ring (bicyclic) bond motifs is 3. The number of pyridine rings is 1. The molecule has 6 nitrogen and oxygen atoms in total. The highest BCUT2D eigenvalue weighted by Crippen LogP contribution is 2.32. The van der Waals surface area contributed by atoms with Crippen molar-refractivity contribution in [2.24, 2.45) is 5.73 Å². The van der Waals surface area contributed by atoms with Gasteiger partial charge in [-0.15, -0.1) is 0 Å². The van der Waals surface area contributed by atoms with E-state index in [1.807, 2.05) is 39.0 Å². The van der Waals surface area contributed by atoms with Gasteiger partial charge in [0.25, 0.3) is 0 Å². The SMILES string of the molecule is CCC(=O)NC(C)(C)Cc1[nH]nc2c(C(C)CN)nc3ccccc3c12. The zero-order chi connectivity index (χ0) is 18.9. The Kier molecular flexibility index (Phi) is 4.96. The summed E-state index contributed by atoms with van der Waals surface area (Å²) in [5, 5.41) is 13.0. The third-order valence-corrected chi connectivity index (χ3v) is 4.74. The molecule has 2 heterocycles. The molecule has 0 spiro atoms. The number of carbonyl (C=O) groups excluding carboxylic acids is 1. The van der Waals surface area contributed by atoms with Crippen LogP contribution in [0, 0.1) is 0 Å². The van der Waals surface area contributed by atoms with Crippen molar-refractivity contribution in [2.45, 2.75) is 52.0 Å². The van der Waals surface area contributed by atoms with E-state index in [9.17, 15) is 4.79 Å². The number of hydrogen-bond donors (Lipinski definition) is 3. The van der Waals surface area contributed by atoms with Crippen LogP contribution in [0.1, 0.15) is 51.4 Å². The third kappa shape index (κ3) is 3.42. The van der Waals surface area contributed by atoms with Crippen molar-refractivity contribution < 1.29 is 4.79 Å². The van der Waals surface area contributed by atoms with Crippen molar-refractivity contribution in [3.05, 3.63) is 35.7 Å².